The van der Waals surface area contributed by atoms with Crippen LogP contribution in [0.2, 0.25) is 5.02 Å². The summed E-state index contributed by atoms with van der Waals surface area (Å²) in [7, 11) is 0. The Labute approximate surface area is 75.5 Å². The molecule has 12 heavy (non-hydrogen) atoms. The zero-order valence-electron chi connectivity index (χ0n) is 6.70. The molecule has 2 rings (SSSR count). The van der Waals surface area contributed by atoms with Gasteiger partial charge >= 0.3 is 0 Å². The van der Waals surface area contributed by atoms with E-state index in [0.717, 1.165) is 6.54 Å². The molecule has 0 amide bonds. The summed E-state index contributed by atoms with van der Waals surface area (Å²) in [6.45, 7) is 2.58. The lowest BCUT2D eigenvalue weighted by molar-refractivity contribution is 0.601. The van der Waals surface area contributed by atoms with E-state index >= 15 is 0 Å². The number of aryl methyl sites for hydroxylation is 1. The summed E-state index contributed by atoms with van der Waals surface area (Å²) < 4.78 is 13.4. The lowest BCUT2D eigenvalue weighted by Crippen LogP contribution is -1.94. The summed E-state index contributed by atoms with van der Waals surface area (Å²) in [6.07, 6.45) is 0. The van der Waals surface area contributed by atoms with Gasteiger partial charge in [-0.2, -0.15) is 0 Å². The standard InChI is InChI=1S/C9H9ClFN/c1-5-2-3-6(10)8(9(5)11)7-4-12-7/h2-3,7,12H,4H2,1H3/t7-/m1/s1. The van der Waals surface area contributed by atoms with Gasteiger partial charge in [0.25, 0.3) is 0 Å². The van der Waals surface area contributed by atoms with Gasteiger partial charge in [-0.25, -0.2) is 4.39 Å². The highest BCUT2D eigenvalue weighted by atomic mass is 35.5. The van der Waals surface area contributed by atoms with E-state index in [9.17, 15) is 4.39 Å². The molecule has 1 aliphatic rings. The van der Waals surface area contributed by atoms with Crippen molar-refractivity contribution >= 4 is 11.6 Å². The molecule has 1 aromatic carbocycles. The Hall–Kier alpha value is -0.600. The fourth-order valence-electron chi connectivity index (χ4n) is 1.26. The van der Waals surface area contributed by atoms with Crippen LogP contribution < -0.4 is 5.32 Å². The number of rotatable bonds is 1. The monoisotopic (exact) mass is 185 g/mol. The summed E-state index contributed by atoms with van der Waals surface area (Å²) in [5, 5.41) is 3.56. The van der Waals surface area contributed by atoms with E-state index in [-0.39, 0.29) is 11.9 Å². The Kier molecular flexibility index (Phi) is 1.81. The quantitative estimate of drug-likeness (QED) is 0.667. The number of nitrogens with one attached hydrogen (secondary N) is 1. The Morgan fingerprint density at radius 3 is 2.83 bits per heavy atom. The molecule has 1 aliphatic heterocycles. The van der Waals surface area contributed by atoms with E-state index < -0.39 is 0 Å². The van der Waals surface area contributed by atoms with Gasteiger partial charge in [0.2, 0.25) is 0 Å². The smallest absolute Gasteiger partial charge is 0.132 e. The first-order valence-electron chi connectivity index (χ1n) is 3.88. The van der Waals surface area contributed by atoms with Gasteiger partial charge in [0.05, 0.1) is 0 Å². The van der Waals surface area contributed by atoms with Crippen LogP contribution in [0.3, 0.4) is 0 Å². The van der Waals surface area contributed by atoms with Crippen molar-refractivity contribution < 1.29 is 4.39 Å². The molecule has 0 aromatic heterocycles. The Morgan fingerprint density at radius 2 is 2.25 bits per heavy atom. The van der Waals surface area contributed by atoms with Crippen LogP contribution >= 0.6 is 11.6 Å². The Balaban J connectivity index is 2.55. The van der Waals surface area contributed by atoms with Crippen molar-refractivity contribution in [2.24, 2.45) is 0 Å². The first-order valence-corrected chi connectivity index (χ1v) is 4.26. The van der Waals surface area contributed by atoms with Gasteiger partial charge in [-0.3, -0.25) is 0 Å². The zero-order chi connectivity index (χ0) is 8.72. The molecule has 1 nitrogen and oxygen atoms in total. The molecule has 0 aliphatic carbocycles. The zero-order valence-corrected chi connectivity index (χ0v) is 7.45. The van der Waals surface area contributed by atoms with Crippen LogP contribution in [0.5, 0.6) is 0 Å². The van der Waals surface area contributed by atoms with Crippen molar-refractivity contribution in [3.8, 4) is 0 Å². The first kappa shape index (κ1) is 8.02. The SMILES string of the molecule is Cc1ccc(Cl)c([C@H]2CN2)c1F. The van der Waals surface area contributed by atoms with Crippen molar-refractivity contribution in [2.75, 3.05) is 6.54 Å². The summed E-state index contributed by atoms with van der Waals surface area (Å²) in [5.74, 6) is -0.169. The van der Waals surface area contributed by atoms with Crippen molar-refractivity contribution in [2.45, 2.75) is 13.0 Å². The van der Waals surface area contributed by atoms with Gasteiger partial charge < -0.3 is 5.32 Å². The maximum atomic E-state index is 13.4. The molecule has 0 spiro atoms. The van der Waals surface area contributed by atoms with Gasteiger partial charge in [-0.1, -0.05) is 17.7 Å². The molecule has 64 valence electrons. The van der Waals surface area contributed by atoms with Gasteiger partial charge in [-0.05, 0) is 18.6 Å². The second kappa shape index (κ2) is 2.71. The van der Waals surface area contributed by atoms with Gasteiger partial charge in [-0.15, -0.1) is 0 Å². The summed E-state index contributed by atoms with van der Waals surface area (Å²) in [5.41, 5.74) is 1.28. The molecule has 1 aromatic rings. The normalized spacial score (nSPS) is 21.1. The van der Waals surface area contributed by atoms with E-state index in [1.165, 1.54) is 0 Å². The molecule has 1 heterocycles. The van der Waals surface area contributed by atoms with Crippen molar-refractivity contribution in [1.29, 1.82) is 0 Å². The third-order valence-corrected chi connectivity index (χ3v) is 2.41. The molecule has 1 N–H and O–H groups in total. The van der Waals surface area contributed by atoms with Crippen LogP contribution in [-0.2, 0) is 0 Å². The highest BCUT2D eigenvalue weighted by molar-refractivity contribution is 6.31. The van der Waals surface area contributed by atoms with Crippen molar-refractivity contribution in [3.05, 3.63) is 34.1 Å². The van der Waals surface area contributed by atoms with E-state index in [1.807, 2.05) is 0 Å². The maximum absolute atomic E-state index is 13.4. The van der Waals surface area contributed by atoms with Crippen LogP contribution in [0.4, 0.5) is 4.39 Å². The van der Waals surface area contributed by atoms with Crippen molar-refractivity contribution in [1.82, 2.24) is 5.32 Å². The molecular weight excluding hydrogens is 177 g/mol. The van der Waals surface area contributed by atoms with Crippen LogP contribution in [0.25, 0.3) is 0 Å². The molecule has 1 saturated heterocycles. The average molecular weight is 186 g/mol. The fourth-order valence-corrected chi connectivity index (χ4v) is 1.54. The minimum absolute atomic E-state index is 0.136. The summed E-state index contributed by atoms with van der Waals surface area (Å²) >= 11 is 5.86. The predicted molar refractivity (Wildman–Crippen MR) is 46.9 cm³/mol. The average Bonchev–Trinajstić information content (AvgIpc) is 2.81. The highest BCUT2D eigenvalue weighted by Crippen LogP contribution is 2.32. The van der Waals surface area contributed by atoms with Crippen LogP contribution in [0.1, 0.15) is 17.2 Å². The minimum atomic E-state index is -0.169. The van der Waals surface area contributed by atoms with E-state index in [0.29, 0.717) is 16.1 Å². The van der Waals surface area contributed by atoms with Crippen LogP contribution in [0, 0.1) is 12.7 Å². The van der Waals surface area contributed by atoms with E-state index in [1.54, 1.807) is 19.1 Å². The second-order valence-electron chi connectivity index (χ2n) is 3.05. The Morgan fingerprint density at radius 1 is 1.58 bits per heavy atom. The van der Waals surface area contributed by atoms with E-state index in [2.05, 4.69) is 5.32 Å². The van der Waals surface area contributed by atoms with Crippen LogP contribution in [0.15, 0.2) is 12.1 Å². The molecule has 1 fully saturated rings. The first-order chi connectivity index (χ1) is 5.70. The summed E-state index contributed by atoms with van der Waals surface area (Å²) in [4.78, 5) is 0. The maximum Gasteiger partial charge on any atom is 0.132 e. The minimum Gasteiger partial charge on any atom is -0.307 e. The molecular formula is C9H9ClFN. The van der Waals surface area contributed by atoms with Crippen LogP contribution in [-0.4, -0.2) is 6.54 Å². The van der Waals surface area contributed by atoms with Gasteiger partial charge in [0.15, 0.2) is 0 Å². The van der Waals surface area contributed by atoms with E-state index in [4.69, 9.17) is 11.6 Å². The molecule has 0 bridgehead atoms. The number of hydrogen-bond acceptors (Lipinski definition) is 1. The molecule has 3 heteroatoms. The Bertz CT molecular complexity index is 321. The lowest BCUT2D eigenvalue weighted by Gasteiger charge is -2.04. The van der Waals surface area contributed by atoms with Gasteiger partial charge in [0, 0.05) is 23.2 Å². The second-order valence-corrected chi connectivity index (χ2v) is 3.46. The third-order valence-electron chi connectivity index (χ3n) is 2.08. The molecule has 0 saturated carbocycles. The lowest BCUT2D eigenvalue weighted by atomic mass is 10.1. The molecule has 0 radical (unpaired) electrons. The fraction of sp³-hybridized carbons (Fsp3) is 0.333. The molecule has 0 unspecified atom stereocenters. The summed E-state index contributed by atoms with van der Waals surface area (Å²) in [6, 6.07) is 3.58. The van der Waals surface area contributed by atoms with Gasteiger partial charge in [0.1, 0.15) is 5.82 Å². The number of halogens is 2. The van der Waals surface area contributed by atoms with Crippen molar-refractivity contribution in [3.63, 3.8) is 0 Å². The third kappa shape index (κ3) is 1.21. The number of hydrogen-bond donors (Lipinski definition) is 1. The highest BCUT2D eigenvalue weighted by Gasteiger charge is 2.28. The topological polar surface area (TPSA) is 21.9 Å². The molecule has 1 atom stereocenters. The predicted octanol–water partition coefficient (Wildman–Crippen LogP) is 2.43. The number of benzene rings is 1. The largest absolute Gasteiger partial charge is 0.307 e.